The van der Waals surface area contributed by atoms with Crippen molar-refractivity contribution in [2.45, 2.75) is 31.8 Å². The summed E-state index contributed by atoms with van der Waals surface area (Å²) in [5.41, 5.74) is 7.35. The predicted octanol–water partition coefficient (Wildman–Crippen LogP) is 3.32. The van der Waals surface area contributed by atoms with Crippen molar-refractivity contribution >= 4 is 0 Å². The number of nitrogens with two attached hydrogens (primary N) is 1. The second-order valence-electron chi connectivity index (χ2n) is 5.47. The minimum absolute atomic E-state index is 0.210. The third-order valence-electron chi connectivity index (χ3n) is 3.96. The largest absolute Gasteiger partial charge is 0.497 e. The van der Waals surface area contributed by atoms with Crippen LogP contribution in [-0.2, 0) is 5.54 Å². The van der Waals surface area contributed by atoms with Crippen LogP contribution in [0.25, 0.3) is 0 Å². The first-order chi connectivity index (χ1) is 10.0. The highest BCUT2D eigenvalue weighted by Crippen LogP contribution is 2.29. The van der Waals surface area contributed by atoms with Crippen molar-refractivity contribution in [2.75, 3.05) is 20.2 Å². The van der Waals surface area contributed by atoms with Crippen molar-refractivity contribution in [1.82, 2.24) is 4.90 Å². The maximum Gasteiger partial charge on any atom is 0.118 e. The molecule has 0 aliphatic rings. The lowest BCUT2D eigenvalue weighted by molar-refractivity contribution is 0.150. The molecule has 0 aromatic heterocycles. The van der Waals surface area contributed by atoms with Crippen molar-refractivity contribution in [2.24, 2.45) is 5.73 Å². The SMILES string of the molecule is C=CCN(CC=C)C(CC)C(C)(N)c1ccc(OC)cc1. The molecule has 2 atom stereocenters. The summed E-state index contributed by atoms with van der Waals surface area (Å²) >= 11 is 0. The Balaban J connectivity index is 3.08. The Morgan fingerprint density at radius 1 is 1.24 bits per heavy atom. The number of nitrogens with zero attached hydrogens (tertiary/aromatic N) is 1. The fourth-order valence-electron chi connectivity index (χ4n) is 2.86. The van der Waals surface area contributed by atoms with Crippen LogP contribution in [0.5, 0.6) is 5.75 Å². The minimum atomic E-state index is -0.451. The molecule has 3 nitrogen and oxygen atoms in total. The van der Waals surface area contributed by atoms with Crippen molar-refractivity contribution in [1.29, 1.82) is 0 Å². The molecule has 1 aromatic carbocycles. The van der Waals surface area contributed by atoms with E-state index < -0.39 is 5.54 Å². The average molecular weight is 288 g/mol. The zero-order valence-corrected chi connectivity index (χ0v) is 13.5. The van der Waals surface area contributed by atoms with Crippen LogP contribution in [0.15, 0.2) is 49.6 Å². The smallest absolute Gasteiger partial charge is 0.118 e. The molecule has 0 aliphatic carbocycles. The maximum atomic E-state index is 6.69. The molecule has 2 unspecified atom stereocenters. The Bertz CT molecular complexity index is 441. The standard InChI is InChI=1S/C18H28N2O/c1-6-13-20(14-7-2)17(8-3)18(4,19)15-9-11-16(21-5)12-10-15/h6-7,9-12,17H,1-2,8,13-14,19H2,3-5H3. The van der Waals surface area contributed by atoms with Gasteiger partial charge in [-0.3, -0.25) is 4.90 Å². The third kappa shape index (κ3) is 4.19. The molecule has 21 heavy (non-hydrogen) atoms. The first-order valence-electron chi connectivity index (χ1n) is 7.40. The van der Waals surface area contributed by atoms with Crippen LogP contribution in [0, 0.1) is 0 Å². The van der Waals surface area contributed by atoms with Gasteiger partial charge in [-0.2, -0.15) is 0 Å². The number of benzene rings is 1. The maximum absolute atomic E-state index is 6.69. The molecule has 0 amide bonds. The van der Waals surface area contributed by atoms with Gasteiger partial charge in [0, 0.05) is 19.1 Å². The molecule has 116 valence electrons. The van der Waals surface area contributed by atoms with E-state index in [1.54, 1.807) is 7.11 Å². The first kappa shape index (κ1) is 17.5. The van der Waals surface area contributed by atoms with Gasteiger partial charge in [-0.25, -0.2) is 0 Å². The predicted molar refractivity (Wildman–Crippen MR) is 90.6 cm³/mol. The molecular formula is C18H28N2O. The minimum Gasteiger partial charge on any atom is -0.497 e. The summed E-state index contributed by atoms with van der Waals surface area (Å²) in [6, 6.07) is 8.21. The quantitative estimate of drug-likeness (QED) is 0.708. The van der Waals surface area contributed by atoms with E-state index in [4.69, 9.17) is 10.5 Å². The van der Waals surface area contributed by atoms with Crippen molar-refractivity contribution in [3.8, 4) is 5.75 Å². The Hall–Kier alpha value is -1.58. The van der Waals surface area contributed by atoms with Crippen LogP contribution >= 0.6 is 0 Å². The summed E-state index contributed by atoms with van der Waals surface area (Å²) in [7, 11) is 1.67. The fourth-order valence-corrected chi connectivity index (χ4v) is 2.86. The number of ether oxygens (including phenoxy) is 1. The number of hydrogen-bond donors (Lipinski definition) is 1. The van der Waals surface area contributed by atoms with Crippen LogP contribution in [0.3, 0.4) is 0 Å². The summed E-state index contributed by atoms with van der Waals surface area (Å²) in [5, 5.41) is 0. The molecule has 0 saturated carbocycles. The normalized spacial score (nSPS) is 15.3. The highest BCUT2D eigenvalue weighted by Gasteiger charge is 2.34. The average Bonchev–Trinajstić information content (AvgIpc) is 2.48. The molecule has 0 aliphatic heterocycles. The van der Waals surface area contributed by atoms with Gasteiger partial charge in [-0.15, -0.1) is 13.2 Å². The summed E-state index contributed by atoms with van der Waals surface area (Å²) < 4.78 is 5.22. The van der Waals surface area contributed by atoms with Crippen LogP contribution in [0.1, 0.15) is 25.8 Å². The first-order valence-corrected chi connectivity index (χ1v) is 7.40. The molecule has 0 spiro atoms. The van der Waals surface area contributed by atoms with E-state index in [-0.39, 0.29) is 6.04 Å². The number of hydrogen-bond acceptors (Lipinski definition) is 3. The summed E-state index contributed by atoms with van der Waals surface area (Å²) in [5.74, 6) is 0.844. The Morgan fingerprint density at radius 3 is 2.14 bits per heavy atom. The van der Waals surface area contributed by atoms with E-state index >= 15 is 0 Å². The van der Waals surface area contributed by atoms with Crippen LogP contribution in [-0.4, -0.2) is 31.1 Å². The molecule has 1 rings (SSSR count). The van der Waals surface area contributed by atoms with Crippen molar-refractivity contribution in [3.63, 3.8) is 0 Å². The van der Waals surface area contributed by atoms with E-state index in [0.29, 0.717) is 0 Å². The van der Waals surface area contributed by atoms with Crippen molar-refractivity contribution in [3.05, 3.63) is 55.1 Å². The molecule has 0 saturated heterocycles. The number of methoxy groups -OCH3 is 1. The topological polar surface area (TPSA) is 38.5 Å². The lowest BCUT2D eigenvalue weighted by Crippen LogP contribution is -2.54. The number of rotatable bonds is 9. The van der Waals surface area contributed by atoms with Gasteiger partial charge in [0.2, 0.25) is 0 Å². The van der Waals surface area contributed by atoms with Gasteiger partial charge < -0.3 is 10.5 Å². The van der Waals surface area contributed by atoms with E-state index in [0.717, 1.165) is 30.8 Å². The zero-order chi connectivity index (χ0) is 15.9. The lowest BCUT2D eigenvalue weighted by atomic mass is 9.83. The highest BCUT2D eigenvalue weighted by molar-refractivity contribution is 5.32. The molecule has 3 heteroatoms. The van der Waals surface area contributed by atoms with Gasteiger partial charge in [0.15, 0.2) is 0 Å². The second kappa shape index (κ2) is 8.01. The van der Waals surface area contributed by atoms with Crippen LogP contribution in [0.2, 0.25) is 0 Å². The highest BCUT2D eigenvalue weighted by atomic mass is 16.5. The van der Waals surface area contributed by atoms with Gasteiger partial charge in [-0.1, -0.05) is 31.2 Å². The molecule has 0 heterocycles. The summed E-state index contributed by atoms with van der Waals surface area (Å²) in [6.07, 6.45) is 4.78. The molecule has 0 bridgehead atoms. The van der Waals surface area contributed by atoms with Gasteiger partial charge in [0.25, 0.3) is 0 Å². The van der Waals surface area contributed by atoms with Gasteiger partial charge in [0.05, 0.1) is 12.6 Å². The zero-order valence-electron chi connectivity index (χ0n) is 13.5. The molecule has 0 radical (unpaired) electrons. The van der Waals surface area contributed by atoms with E-state index in [1.165, 1.54) is 0 Å². The monoisotopic (exact) mass is 288 g/mol. The second-order valence-corrected chi connectivity index (χ2v) is 5.47. The third-order valence-corrected chi connectivity index (χ3v) is 3.96. The molecular weight excluding hydrogens is 260 g/mol. The van der Waals surface area contributed by atoms with Gasteiger partial charge in [0.1, 0.15) is 5.75 Å². The van der Waals surface area contributed by atoms with Crippen LogP contribution < -0.4 is 10.5 Å². The Kier molecular flexibility index (Phi) is 6.66. The summed E-state index contributed by atoms with van der Waals surface area (Å²) in [6.45, 7) is 13.5. The molecule has 1 aromatic rings. The van der Waals surface area contributed by atoms with E-state index in [1.807, 2.05) is 36.4 Å². The molecule has 2 N–H and O–H groups in total. The Morgan fingerprint density at radius 2 is 1.76 bits per heavy atom. The Labute approximate surface area is 129 Å². The van der Waals surface area contributed by atoms with Gasteiger partial charge in [-0.05, 0) is 31.0 Å². The summed E-state index contributed by atoms with van der Waals surface area (Å²) in [4.78, 5) is 2.31. The van der Waals surface area contributed by atoms with E-state index in [9.17, 15) is 0 Å². The molecule has 0 fully saturated rings. The van der Waals surface area contributed by atoms with Crippen LogP contribution in [0.4, 0.5) is 0 Å². The van der Waals surface area contributed by atoms with Crippen molar-refractivity contribution < 1.29 is 4.74 Å². The van der Waals surface area contributed by atoms with Gasteiger partial charge >= 0.3 is 0 Å². The lowest BCUT2D eigenvalue weighted by Gasteiger charge is -2.41. The fraction of sp³-hybridized carbons (Fsp3) is 0.444. The van der Waals surface area contributed by atoms with E-state index in [2.05, 4.69) is 31.9 Å².